The first kappa shape index (κ1) is 19.9. The van der Waals surface area contributed by atoms with Crippen molar-refractivity contribution < 1.29 is 17.9 Å². The van der Waals surface area contributed by atoms with Crippen LogP contribution in [0.15, 0.2) is 59.5 Å². The van der Waals surface area contributed by atoms with Crippen LogP contribution >= 0.6 is 0 Å². The highest BCUT2D eigenvalue weighted by molar-refractivity contribution is 7.89. The molecule has 26 heavy (non-hydrogen) atoms. The number of sulfonamides is 1. The molecule has 0 radical (unpaired) electrons. The van der Waals surface area contributed by atoms with E-state index in [9.17, 15) is 13.2 Å². The maximum absolute atomic E-state index is 11.8. The highest BCUT2D eigenvalue weighted by atomic mass is 32.2. The summed E-state index contributed by atoms with van der Waals surface area (Å²) in [5.41, 5.74) is 1.00. The Balaban J connectivity index is 1.57. The molecule has 1 amide bonds. The summed E-state index contributed by atoms with van der Waals surface area (Å²) in [6.45, 7) is 1.09. The molecule has 0 saturated heterocycles. The van der Waals surface area contributed by atoms with Gasteiger partial charge in [0.05, 0.1) is 11.5 Å². The summed E-state index contributed by atoms with van der Waals surface area (Å²) in [5, 5.41) is 7.94. The first-order valence-electron chi connectivity index (χ1n) is 8.51. The van der Waals surface area contributed by atoms with Gasteiger partial charge in [-0.3, -0.25) is 4.79 Å². The summed E-state index contributed by atoms with van der Waals surface area (Å²) in [5.74, 6) is 0.813. The zero-order valence-electron chi connectivity index (χ0n) is 14.6. The number of nitrogens with two attached hydrogens (primary N) is 1. The molecule has 0 aliphatic carbocycles. The maximum Gasteiger partial charge on any atom is 0.238 e. The lowest BCUT2D eigenvalue weighted by molar-refractivity contribution is -0.121. The van der Waals surface area contributed by atoms with Crippen molar-refractivity contribution in [2.45, 2.75) is 30.6 Å². The SMILES string of the molecule is NS(=O)(=O)c1ccc(CCCNC(=O)CCCOc2ccccc2)cc1. The van der Waals surface area contributed by atoms with E-state index in [-0.39, 0.29) is 10.8 Å². The van der Waals surface area contributed by atoms with Gasteiger partial charge in [-0.05, 0) is 49.1 Å². The van der Waals surface area contributed by atoms with Crippen molar-refractivity contribution >= 4 is 15.9 Å². The van der Waals surface area contributed by atoms with Crippen LogP contribution < -0.4 is 15.2 Å². The lowest BCUT2D eigenvalue weighted by atomic mass is 10.1. The molecular weight excluding hydrogens is 352 g/mol. The zero-order valence-corrected chi connectivity index (χ0v) is 15.4. The number of ether oxygens (including phenoxy) is 1. The number of hydrogen-bond donors (Lipinski definition) is 2. The first-order valence-corrected chi connectivity index (χ1v) is 10.1. The van der Waals surface area contributed by atoms with Crippen molar-refractivity contribution in [3.8, 4) is 5.75 Å². The van der Waals surface area contributed by atoms with E-state index in [1.165, 1.54) is 12.1 Å². The molecule has 0 atom stereocenters. The fourth-order valence-electron chi connectivity index (χ4n) is 2.39. The van der Waals surface area contributed by atoms with Gasteiger partial charge in [-0.15, -0.1) is 0 Å². The number of carbonyl (C=O) groups is 1. The van der Waals surface area contributed by atoms with Crippen LogP contribution in [0.1, 0.15) is 24.8 Å². The van der Waals surface area contributed by atoms with Crippen LogP contribution in [-0.2, 0) is 21.2 Å². The Hall–Kier alpha value is -2.38. The first-order chi connectivity index (χ1) is 12.4. The predicted molar refractivity (Wildman–Crippen MR) is 100 cm³/mol. The second kappa shape index (κ2) is 9.94. The van der Waals surface area contributed by atoms with Gasteiger partial charge >= 0.3 is 0 Å². The summed E-state index contributed by atoms with van der Waals surface area (Å²) in [6, 6.07) is 16.0. The lowest BCUT2D eigenvalue weighted by Gasteiger charge is -2.07. The topological polar surface area (TPSA) is 98.5 Å². The Morgan fingerprint density at radius 1 is 1.00 bits per heavy atom. The van der Waals surface area contributed by atoms with Crippen LogP contribution in [0.2, 0.25) is 0 Å². The third kappa shape index (κ3) is 7.25. The molecule has 3 N–H and O–H groups in total. The van der Waals surface area contributed by atoms with Crippen LogP contribution in [-0.4, -0.2) is 27.5 Å². The number of nitrogens with one attached hydrogen (secondary N) is 1. The minimum atomic E-state index is -3.65. The molecule has 140 valence electrons. The van der Waals surface area contributed by atoms with E-state index >= 15 is 0 Å². The molecule has 2 aromatic rings. The summed E-state index contributed by atoms with van der Waals surface area (Å²) in [6.07, 6.45) is 2.62. The molecule has 0 unspecified atom stereocenters. The van der Waals surface area contributed by atoms with E-state index in [0.29, 0.717) is 26.0 Å². The number of aryl methyl sites for hydroxylation is 1. The number of para-hydroxylation sites is 1. The molecule has 6 nitrogen and oxygen atoms in total. The molecule has 0 fully saturated rings. The molecule has 2 aromatic carbocycles. The molecule has 2 rings (SSSR count). The number of amides is 1. The smallest absolute Gasteiger partial charge is 0.238 e. The van der Waals surface area contributed by atoms with Crippen LogP contribution in [0.3, 0.4) is 0 Å². The normalized spacial score (nSPS) is 11.1. The molecule has 0 aliphatic rings. The van der Waals surface area contributed by atoms with Gasteiger partial charge in [0.1, 0.15) is 5.75 Å². The summed E-state index contributed by atoms with van der Waals surface area (Å²) in [4.78, 5) is 11.9. The Morgan fingerprint density at radius 3 is 2.35 bits per heavy atom. The largest absolute Gasteiger partial charge is 0.494 e. The highest BCUT2D eigenvalue weighted by Gasteiger charge is 2.06. The summed E-state index contributed by atoms with van der Waals surface area (Å²) < 4.78 is 27.9. The number of hydrogen-bond acceptors (Lipinski definition) is 4. The van der Waals surface area contributed by atoms with Crippen molar-refractivity contribution in [2.24, 2.45) is 5.14 Å². The van der Waals surface area contributed by atoms with Crippen LogP contribution in [0, 0.1) is 0 Å². The number of primary sulfonamides is 1. The number of benzene rings is 2. The van der Waals surface area contributed by atoms with E-state index in [1.54, 1.807) is 12.1 Å². The average molecular weight is 376 g/mol. The summed E-state index contributed by atoms with van der Waals surface area (Å²) in [7, 11) is -3.65. The molecule has 0 bridgehead atoms. The molecule has 0 aromatic heterocycles. The van der Waals surface area contributed by atoms with E-state index in [1.807, 2.05) is 30.3 Å². The molecule has 0 heterocycles. The van der Waals surface area contributed by atoms with Gasteiger partial charge in [0, 0.05) is 13.0 Å². The van der Waals surface area contributed by atoms with Crippen molar-refractivity contribution in [1.82, 2.24) is 5.32 Å². The van der Waals surface area contributed by atoms with Gasteiger partial charge in [-0.25, -0.2) is 13.6 Å². The Kier molecular flexibility index (Phi) is 7.62. The van der Waals surface area contributed by atoms with Gasteiger partial charge in [-0.1, -0.05) is 30.3 Å². The predicted octanol–water partition coefficient (Wildman–Crippen LogP) is 2.24. The van der Waals surface area contributed by atoms with Crippen molar-refractivity contribution in [3.05, 3.63) is 60.2 Å². The van der Waals surface area contributed by atoms with E-state index in [0.717, 1.165) is 24.2 Å². The second-order valence-electron chi connectivity index (χ2n) is 5.91. The number of rotatable bonds is 10. The molecule has 7 heteroatoms. The van der Waals surface area contributed by atoms with Gasteiger partial charge in [0.25, 0.3) is 0 Å². The minimum Gasteiger partial charge on any atom is -0.494 e. The minimum absolute atomic E-state index is 0.00577. The van der Waals surface area contributed by atoms with Crippen molar-refractivity contribution in [3.63, 3.8) is 0 Å². The van der Waals surface area contributed by atoms with E-state index in [2.05, 4.69) is 5.32 Å². The van der Waals surface area contributed by atoms with Crippen LogP contribution in [0.5, 0.6) is 5.75 Å². The second-order valence-corrected chi connectivity index (χ2v) is 7.47. The molecule has 0 saturated carbocycles. The van der Waals surface area contributed by atoms with Gasteiger partial charge < -0.3 is 10.1 Å². The van der Waals surface area contributed by atoms with Crippen molar-refractivity contribution in [2.75, 3.05) is 13.2 Å². The molecule has 0 spiro atoms. The van der Waals surface area contributed by atoms with E-state index < -0.39 is 10.0 Å². The molecule has 0 aliphatic heterocycles. The van der Waals surface area contributed by atoms with E-state index in [4.69, 9.17) is 9.88 Å². The van der Waals surface area contributed by atoms with Crippen molar-refractivity contribution in [1.29, 1.82) is 0 Å². The van der Waals surface area contributed by atoms with Gasteiger partial charge in [-0.2, -0.15) is 0 Å². The van der Waals surface area contributed by atoms with Gasteiger partial charge in [0.2, 0.25) is 15.9 Å². The quantitative estimate of drug-likeness (QED) is 0.621. The average Bonchev–Trinajstić information content (AvgIpc) is 2.63. The lowest BCUT2D eigenvalue weighted by Crippen LogP contribution is -2.24. The standard InChI is InChI=1S/C19H24N2O4S/c20-26(23,24)18-12-10-16(11-13-18)6-4-14-21-19(22)9-5-15-25-17-7-2-1-3-8-17/h1-3,7-8,10-13H,4-6,9,14-15H2,(H,21,22)(H2,20,23,24). The fourth-order valence-corrected chi connectivity index (χ4v) is 2.91. The Labute approximate surface area is 154 Å². The molecular formula is C19H24N2O4S. The Bertz CT molecular complexity index is 790. The fraction of sp³-hybridized carbons (Fsp3) is 0.316. The van der Waals surface area contributed by atoms with Crippen LogP contribution in [0.4, 0.5) is 0 Å². The number of carbonyl (C=O) groups excluding carboxylic acids is 1. The monoisotopic (exact) mass is 376 g/mol. The maximum atomic E-state index is 11.8. The Morgan fingerprint density at radius 2 is 1.69 bits per heavy atom. The van der Waals surface area contributed by atoms with Gasteiger partial charge in [0.15, 0.2) is 0 Å². The van der Waals surface area contributed by atoms with Crippen LogP contribution in [0.25, 0.3) is 0 Å². The third-order valence-corrected chi connectivity index (χ3v) is 4.71. The highest BCUT2D eigenvalue weighted by Crippen LogP contribution is 2.10. The third-order valence-electron chi connectivity index (χ3n) is 3.78. The summed E-state index contributed by atoms with van der Waals surface area (Å²) >= 11 is 0. The zero-order chi connectivity index (χ0) is 18.8.